The summed E-state index contributed by atoms with van der Waals surface area (Å²) in [7, 11) is 0. The van der Waals surface area contributed by atoms with Crippen molar-refractivity contribution in [3.05, 3.63) is 59.4 Å². The molecule has 1 aliphatic rings. The molecule has 0 aliphatic carbocycles. The molecule has 4 rings (SSSR count). The second-order valence-corrected chi connectivity index (χ2v) is 6.03. The largest absolute Gasteiger partial charge is 0.337 e. The summed E-state index contributed by atoms with van der Waals surface area (Å²) in [5.41, 5.74) is 3.87. The standard InChI is InChI=1S/C18H16F2N4O/c19-16(20)17-22-14-6-5-13(9-15(14)23-17)21-18(25)24-8-7-11-3-1-2-4-12(11)10-24/h1-6,9,16H,7-8,10H2,(H,21,25)(H,22,23). The minimum Gasteiger partial charge on any atom is -0.337 e. The van der Waals surface area contributed by atoms with Crippen LogP contribution in [0.15, 0.2) is 42.5 Å². The van der Waals surface area contributed by atoms with E-state index in [1.807, 2.05) is 18.2 Å². The van der Waals surface area contributed by atoms with Crippen LogP contribution in [0.2, 0.25) is 0 Å². The van der Waals surface area contributed by atoms with Gasteiger partial charge in [-0.1, -0.05) is 24.3 Å². The molecule has 0 atom stereocenters. The first-order valence-electron chi connectivity index (χ1n) is 8.01. The lowest BCUT2D eigenvalue weighted by Crippen LogP contribution is -2.38. The van der Waals surface area contributed by atoms with E-state index >= 15 is 0 Å². The van der Waals surface area contributed by atoms with Crippen LogP contribution >= 0.6 is 0 Å². The van der Waals surface area contributed by atoms with Crippen molar-refractivity contribution >= 4 is 22.8 Å². The lowest BCUT2D eigenvalue weighted by molar-refractivity contribution is 0.142. The van der Waals surface area contributed by atoms with Gasteiger partial charge in [0.1, 0.15) is 0 Å². The molecule has 128 valence electrons. The third kappa shape index (κ3) is 3.05. The Morgan fingerprint density at radius 1 is 1.20 bits per heavy atom. The zero-order valence-electron chi connectivity index (χ0n) is 13.3. The van der Waals surface area contributed by atoms with E-state index in [4.69, 9.17) is 0 Å². The highest BCUT2D eigenvalue weighted by Crippen LogP contribution is 2.23. The summed E-state index contributed by atoms with van der Waals surface area (Å²) in [5.74, 6) is -0.369. The van der Waals surface area contributed by atoms with Gasteiger partial charge in [-0.2, -0.15) is 0 Å². The number of amides is 2. The Labute approximate surface area is 142 Å². The van der Waals surface area contributed by atoms with Gasteiger partial charge < -0.3 is 15.2 Å². The first kappa shape index (κ1) is 15.6. The van der Waals surface area contributed by atoms with Gasteiger partial charge in [0.25, 0.3) is 6.43 Å². The summed E-state index contributed by atoms with van der Waals surface area (Å²) in [6.07, 6.45) is -1.83. The van der Waals surface area contributed by atoms with E-state index in [2.05, 4.69) is 21.4 Å². The van der Waals surface area contributed by atoms with Gasteiger partial charge in [-0.3, -0.25) is 0 Å². The Morgan fingerprint density at radius 2 is 2.00 bits per heavy atom. The van der Waals surface area contributed by atoms with E-state index in [0.29, 0.717) is 29.8 Å². The predicted octanol–water partition coefficient (Wildman–Crippen LogP) is 4.09. The molecule has 0 saturated carbocycles. The Hall–Kier alpha value is -2.96. The van der Waals surface area contributed by atoms with Gasteiger partial charge >= 0.3 is 6.03 Å². The number of carbonyl (C=O) groups is 1. The number of alkyl halides is 2. The molecule has 2 N–H and O–H groups in total. The summed E-state index contributed by atoms with van der Waals surface area (Å²) >= 11 is 0. The lowest BCUT2D eigenvalue weighted by atomic mass is 10.0. The van der Waals surface area contributed by atoms with Crippen LogP contribution in [0.3, 0.4) is 0 Å². The number of benzene rings is 2. The molecule has 5 nitrogen and oxygen atoms in total. The molecule has 7 heteroatoms. The van der Waals surface area contributed by atoms with Crippen LogP contribution < -0.4 is 5.32 Å². The molecular weight excluding hydrogens is 326 g/mol. The number of carbonyl (C=O) groups excluding carboxylic acids is 1. The third-order valence-corrected chi connectivity index (χ3v) is 4.38. The average Bonchev–Trinajstić information content (AvgIpc) is 3.05. The van der Waals surface area contributed by atoms with Crippen LogP contribution in [-0.4, -0.2) is 27.4 Å². The Morgan fingerprint density at radius 3 is 2.80 bits per heavy atom. The summed E-state index contributed by atoms with van der Waals surface area (Å²) < 4.78 is 25.4. The van der Waals surface area contributed by atoms with Gasteiger partial charge in [-0.25, -0.2) is 18.6 Å². The van der Waals surface area contributed by atoms with Crippen molar-refractivity contribution in [2.24, 2.45) is 0 Å². The number of nitrogens with zero attached hydrogens (tertiary/aromatic N) is 2. The number of urea groups is 1. The normalized spacial score (nSPS) is 14.0. The van der Waals surface area contributed by atoms with Gasteiger partial charge in [-0.05, 0) is 35.7 Å². The number of fused-ring (bicyclic) bond motifs is 2. The van der Waals surface area contributed by atoms with Crippen LogP contribution in [0.4, 0.5) is 19.3 Å². The van der Waals surface area contributed by atoms with Crippen LogP contribution in [0.5, 0.6) is 0 Å². The summed E-state index contributed by atoms with van der Waals surface area (Å²) in [5, 5.41) is 2.82. The van der Waals surface area contributed by atoms with Crippen molar-refractivity contribution in [2.45, 2.75) is 19.4 Å². The zero-order chi connectivity index (χ0) is 17.4. The molecule has 0 unspecified atom stereocenters. The molecule has 2 aromatic carbocycles. The maximum Gasteiger partial charge on any atom is 0.322 e. The number of aromatic nitrogens is 2. The molecule has 2 amide bonds. The quantitative estimate of drug-likeness (QED) is 0.737. The zero-order valence-corrected chi connectivity index (χ0v) is 13.3. The number of halogens is 2. The number of anilines is 1. The molecule has 0 bridgehead atoms. The van der Waals surface area contributed by atoms with Crippen molar-refractivity contribution < 1.29 is 13.6 Å². The van der Waals surface area contributed by atoms with Crippen LogP contribution in [-0.2, 0) is 13.0 Å². The second-order valence-electron chi connectivity index (χ2n) is 6.03. The molecule has 0 fully saturated rings. The molecule has 0 saturated heterocycles. The average molecular weight is 342 g/mol. The first-order chi connectivity index (χ1) is 12.1. The summed E-state index contributed by atoms with van der Waals surface area (Å²) in [6, 6.07) is 12.8. The van der Waals surface area contributed by atoms with E-state index in [1.165, 1.54) is 5.56 Å². The fourth-order valence-electron chi connectivity index (χ4n) is 3.08. The fourth-order valence-corrected chi connectivity index (χ4v) is 3.08. The van der Waals surface area contributed by atoms with E-state index in [9.17, 15) is 13.6 Å². The SMILES string of the molecule is O=C(Nc1ccc2nc(C(F)F)[nH]c2c1)N1CCc2ccccc2C1. The number of hydrogen-bond donors (Lipinski definition) is 2. The first-order valence-corrected chi connectivity index (χ1v) is 8.01. The van der Waals surface area contributed by atoms with Crippen molar-refractivity contribution in [1.29, 1.82) is 0 Å². The molecular formula is C18H16F2N4O. The molecule has 3 aromatic rings. The van der Waals surface area contributed by atoms with Gasteiger partial charge in [0.05, 0.1) is 11.0 Å². The van der Waals surface area contributed by atoms with Crippen molar-refractivity contribution in [3.8, 4) is 0 Å². The minimum absolute atomic E-state index is 0.206. The second kappa shape index (κ2) is 6.16. The Kier molecular flexibility index (Phi) is 3.83. The number of nitrogens with one attached hydrogen (secondary N) is 2. The van der Waals surface area contributed by atoms with Crippen LogP contribution in [0, 0.1) is 0 Å². The van der Waals surface area contributed by atoms with Gasteiger partial charge in [-0.15, -0.1) is 0 Å². The highest BCUT2D eigenvalue weighted by Gasteiger charge is 2.20. The van der Waals surface area contributed by atoms with Crippen molar-refractivity contribution in [3.63, 3.8) is 0 Å². The molecule has 2 heterocycles. The Balaban J connectivity index is 1.50. The smallest absolute Gasteiger partial charge is 0.322 e. The van der Waals surface area contributed by atoms with E-state index in [-0.39, 0.29) is 11.9 Å². The highest BCUT2D eigenvalue weighted by molar-refractivity contribution is 5.92. The molecule has 25 heavy (non-hydrogen) atoms. The van der Waals surface area contributed by atoms with E-state index in [0.717, 1.165) is 12.0 Å². The van der Waals surface area contributed by atoms with Crippen molar-refractivity contribution in [2.75, 3.05) is 11.9 Å². The van der Waals surface area contributed by atoms with Gasteiger partial charge in [0.2, 0.25) is 0 Å². The number of imidazole rings is 1. The van der Waals surface area contributed by atoms with Gasteiger partial charge in [0, 0.05) is 18.8 Å². The maximum atomic E-state index is 12.7. The molecule has 0 spiro atoms. The van der Waals surface area contributed by atoms with Crippen LogP contribution in [0.1, 0.15) is 23.4 Å². The number of aromatic amines is 1. The third-order valence-electron chi connectivity index (χ3n) is 4.38. The van der Waals surface area contributed by atoms with Crippen LogP contribution in [0.25, 0.3) is 11.0 Å². The van der Waals surface area contributed by atoms with E-state index in [1.54, 1.807) is 23.1 Å². The number of hydrogen-bond acceptors (Lipinski definition) is 2. The topological polar surface area (TPSA) is 61.0 Å². The van der Waals surface area contributed by atoms with Crippen molar-refractivity contribution in [1.82, 2.24) is 14.9 Å². The summed E-state index contributed by atoms with van der Waals surface area (Å²) in [6.45, 7) is 1.20. The van der Waals surface area contributed by atoms with E-state index < -0.39 is 6.43 Å². The molecule has 0 radical (unpaired) electrons. The minimum atomic E-state index is -2.65. The molecule has 1 aliphatic heterocycles. The Bertz CT molecular complexity index is 938. The van der Waals surface area contributed by atoms with Gasteiger partial charge in [0.15, 0.2) is 5.82 Å². The summed E-state index contributed by atoms with van der Waals surface area (Å²) in [4.78, 5) is 20.6. The predicted molar refractivity (Wildman–Crippen MR) is 90.6 cm³/mol. The number of H-pyrrole nitrogens is 1. The highest BCUT2D eigenvalue weighted by atomic mass is 19.3. The lowest BCUT2D eigenvalue weighted by Gasteiger charge is -2.28. The number of rotatable bonds is 2. The molecule has 1 aromatic heterocycles. The monoisotopic (exact) mass is 342 g/mol. The fraction of sp³-hybridized carbons (Fsp3) is 0.222. The maximum absolute atomic E-state index is 12.7.